The van der Waals surface area contributed by atoms with Crippen LogP contribution in [-0.2, 0) is 36.9 Å². The summed E-state index contributed by atoms with van der Waals surface area (Å²) in [5.41, 5.74) is 2.42. The number of hydrogen-bond donors (Lipinski definition) is 1. The van der Waals surface area contributed by atoms with E-state index in [1.807, 2.05) is 41.2 Å². The van der Waals surface area contributed by atoms with Gasteiger partial charge < -0.3 is 19.4 Å². The Kier molecular flexibility index (Phi) is 14.6. The van der Waals surface area contributed by atoms with Crippen molar-refractivity contribution in [2.24, 2.45) is 5.92 Å². The first-order valence-electron chi connectivity index (χ1n) is 17.1. The van der Waals surface area contributed by atoms with E-state index in [1.54, 1.807) is 48.2 Å². The lowest BCUT2D eigenvalue weighted by Crippen LogP contribution is -2.53. The molecule has 0 fully saturated rings. The second kappa shape index (κ2) is 19.1. The molecule has 4 aromatic rings. The Bertz CT molecular complexity index is 1770. The van der Waals surface area contributed by atoms with Crippen LogP contribution in [0.2, 0.25) is 0 Å². The fraction of sp³-hybridized carbons (Fsp3) is 0.410. The molecule has 12 heteroatoms. The van der Waals surface area contributed by atoms with Crippen molar-refractivity contribution in [3.63, 3.8) is 0 Å². The zero-order chi connectivity index (χ0) is 36.9. The summed E-state index contributed by atoms with van der Waals surface area (Å²) in [4.78, 5) is 60.1. The number of nitrogens with one attached hydrogen (secondary N) is 1. The number of carbonyl (C=O) groups is 4. The molecule has 0 aliphatic carbocycles. The number of amides is 2. The van der Waals surface area contributed by atoms with Crippen LogP contribution in [0.15, 0.2) is 79.3 Å². The fourth-order valence-corrected chi connectivity index (χ4v) is 6.71. The maximum absolute atomic E-state index is 13.7. The predicted octanol–water partition coefficient (Wildman–Crippen LogP) is 5.55. The van der Waals surface area contributed by atoms with Crippen molar-refractivity contribution in [1.29, 1.82) is 0 Å². The van der Waals surface area contributed by atoms with Gasteiger partial charge in [0.2, 0.25) is 11.8 Å². The van der Waals surface area contributed by atoms with Crippen molar-refractivity contribution < 1.29 is 28.7 Å². The third-order valence-electron chi connectivity index (χ3n) is 9.15. The fourth-order valence-electron chi connectivity index (χ4n) is 6.24. The number of aromatic nitrogens is 2. The van der Waals surface area contributed by atoms with Crippen molar-refractivity contribution in [2.45, 2.75) is 58.8 Å². The monoisotopic (exact) mass is 715 g/mol. The molecule has 0 radical (unpaired) electrons. The molecule has 4 rings (SSSR count). The Labute approximate surface area is 304 Å². The van der Waals surface area contributed by atoms with Gasteiger partial charge in [-0.2, -0.15) is 11.8 Å². The van der Waals surface area contributed by atoms with Crippen LogP contribution in [0.1, 0.15) is 55.1 Å². The molecule has 272 valence electrons. The molecule has 1 aromatic heterocycles. The highest BCUT2D eigenvalue weighted by molar-refractivity contribution is 7.98. The van der Waals surface area contributed by atoms with Crippen LogP contribution in [-0.4, -0.2) is 89.6 Å². The minimum Gasteiger partial charge on any atom is -0.467 e. The molecule has 0 saturated carbocycles. The van der Waals surface area contributed by atoms with Crippen LogP contribution >= 0.6 is 11.8 Å². The van der Waals surface area contributed by atoms with E-state index >= 15 is 0 Å². The zero-order valence-corrected chi connectivity index (χ0v) is 31.2. The smallest absolute Gasteiger partial charge is 0.337 e. The second-order valence-electron chi connectivity index (χ2n) is 12.6. The third kappa shape index (κ3) is 10.4. The summed E-state index contributed by atoms with van der Waals surface area (Å²) in [6.45, 7) is 6.97. The van der Waals surface area contributed by atoms with Crippen LogP contribution < -0.4 is 10.2 Å². The molecule has 0 aliphatic rings. The second-order valence-corrected chi connectivity index (χ2v) is 13.6. The molecule has 0 saturated heterocycles. The molecule has 0 spiro atoms. The van der Waals surface area contributed by atoms with Crippen LogP contribution in [0.4, 0.5) is 5.82 Å². The summed E-state index contributed by atoms with van der Waals surface area (Å²) in [6, 6.07) is 20.3. The maximum atomic E-state index is 13.7. The number of ether oxygens (including phenoxy) is 2. The molecule has 0 bridgehead atoms. The van der Waals surface area contributed by atoms with E-state index in [0.717, 1.165) is 28.3 Å². The summed E-state index contributed by atoms with van der Waals surface area (Å²) in [5, 5.41) is 5.08. The van der Waals surface area contributed by atoms with Gasteiger partial charge >= 0.3 is 11.9 Å². The summed E-state index contributed by atoms with van der Waals surface area (Å²) >= 11 is 1.59. The summed E-state index contributed by atoms with van der Waals surface area (Å²) in [6.07, 6.45) is 6.56. The molecule has 0 unspecified atom stereocenters. The maximum Gasteiger partial charge on any atom is 0.337 e. The minimum atomic E-state index is -0.760. The van der Waals surface area contributed by atoms with E-state index in [4.69, 9.17) is 9.47 Å². The number of imidazole rings is 1. The number of fused-ring (bicyclic) bond motifs is 1. The highest BCUT2D eigenvalue weighted by atomic mass is 32.2. The van der Waals surface area contributed by atoms with Gasteiger partial charge in [0, 0.05) is 20.0 Å². The molecule has 3 atom stereocenters. The normalized spacial score (nSPS) is 13.0. The summed E-state index contributed by atoms with van der Waals surface area (Å²) in [5.74, 6) is 0.0104. The van der Waals surface area contributed by atoms with Crippen LogP contribution in [0.5, 0.6) is 0 Å². The van der Waals surface area contributed by atoms with Gasteiger partial charge in [-0.15, -0.1) is 0 Å². The first kappa shape index (κ1) is 39.1. The first-order chi connectivity index (χ1) is 24.6. The molecule has 1 N–H and O–H groups in total. The highest BCUT2D eigenvalue weighted by Crippen LogP contribution is 2.27. The van der Waals surface area contributed by atoms with Gasteiger partial charge in [-0.1, -0.05) is 74.9 Å². The molecule has 3 aromatic carbocycles. The molecule has 0 aliphatic heterocycles. The minimum absolute atomic E-state index is 0.000464. The number of nitrogens with zero attached hydrogens (tertiary/aromatic N) is 4. The number of rotatable bonds is 18. The lowest BCUT2D eigenvalue weighted by atomic mass is 9.96. The highest BCUT2D eigenvalue weighted by Gasteiger charge is 2.32. The summed E-state index contributed by atoms with van der Waals surface area (Å²) in [7, 11) is 2.67. The van der Waals surface area contributed by atoms with E-state index in [2.05, 4.69) is 53.3 Å². The number of hydrogen-bond acceptors (Lipinski definition) is 9. The Morgan fingerprint density at radius 3 is 2.37 bits per heavy atom. The van der Waals surface area contributed by atoms with Crippen molar-refractivity contribution >= 4 is 52.1 Å². The largest absolute Gasteiger partial charge is 0.467 e. The van der Waals surface area contributed by atoms with Gasteiger partial charge in [-0.3, -0.25) is 19.4 Å². The van der Waals surface area contributed by atoms with Crippen molar-refractivity contribution in [1.82, 2.24) is 19.8 Å². The Morgan fingerprint density at radius 2 is 1.71 bits per heavy atom. The van der Waals surface area contributed by atoms with Crippen LogP contribution in [0.3, 0.4) is 0 Å². The number of carbonyl (C=O) groups excluding carboxylic acids is 4. The van der Waals surface area contributed by atoms with Gasteiger partial charge in [0.25, 0.3) is 0 Å². The van der Waals surface area contributed by atoms with Crippen molar-refractivity contribution in [3.8, 4) is 0 Å². The van der Waals surface area contributed by atoms with Crippen molar-refractivity contribution in [3.05, 3.63) is 95.9 Å². The predicted molar refractivity (Wildman–Crippen MR) is 202 cm³/mol. The third-order valence-corrected chi connectivity index (χ3v) is 9.80. The summed E-state index contributed by atoms with van der Waals surface area (Å²) < 4.78 is 11.7. The topological polar surface area (TPSA) is 123 Å². The van der Waals surface area contributed by atoms with Gasteiger partial charge in [0.05, 0.1) is 51.4 Å². The average Bonchev–Trinajstić information content (AvgIpc) is 3.59. The standard InChI is InChI=1S/C39H49N5O6S/c1-7-27(2)35(44(28(3)45)37-21-40-26-43(37)22-29-15-17-31(18-16-29)38(47)49-4)24-42(23-32-13-10-12-30-11-8-9-14-33(30)32)25-36(46)41-34(19-20-51-6)39(48)50-5/h8-18,21,26-27,34-35H,7,19-20,22-25H2,1-6H3,(H,41,46)/t27-,34-,35+/m0/s1. The van der Waals surface area contributed by atoms with Gasteiger partial charge in [-0.05, 0) is 58.4 Å². The van der Waals surface area contributed by atoms with Crippen LogP contribution in [0, 0.1) is 5.92 Å². The van der Waals surface area contributed by atoms with E-state index < -0.39 is 18.0 Å². The molecule has 2 amide bonds. The number of anilines is 1. The van der Waals surface area contributed by atoms with Crippen LogP contribution in [0.25, 0.3) is 10.8 Å². The van der Waals surface area contributed by atoms with E-state index in [0.29, 0.717) is 43.2 Å². The average molecular weight is 716 g/mol. The lowest BCUT2D eigenvalue weighted by molar-refractivity contribution is -0.145. The quantitative estimate of drug-likeness (QED) is 0.132. The Hall–Kier alpha value is -4.68. The van der Waals surface area contributed by atoms with Gasteiger partial charge in [0.15, 0.2) is 0 Å². The van der Waals surface area contributed by atoms with Gasteiger partial charge in [0.1, 0.15) is 11.9 Å². The zero-order valence-electron chi connectivity index (χ0n) is 30.3. The Balaban J connectivity index is 1.68. The molecular formula is C39H49N5O6S. The van der Waals surface area contributed by atoms with Crippen molar-refractivity contribution in [2.75, 3.05) is 44.2 Å². The molecule has 1 heterocycles. The number of thioether (sulfide) groups is 1. The number of methoxy groups -OCH3 is 2. The molecular weight excluding hydrogens is 667 g/mol. The number of esters is 2. The van der Waals surface area contributed by atoms with Gasteiger partial charge in [-0.25, -0.2) is 14.6 Å². The molecule has 11 nitrogen and oxygen atoms in total. The Morgan fingerprint density at radius 1 is 0.980 bits per heavy atom. The van der Waals surface area contributed by atoms with E-state index in [-0.39, 0.29) is 30.3 Å². The van der Waals surface area contributed by atoms with E-state index in [1.165, 1.54) is 14.2 Å². The molecule has 51 heavy (non-hydrogen) atoms. The van der Waals surface area contributed by atoms with E-state index in [9.17, 15) is 19.2 Å². The lowest BCUT2D eigenvalue weighted by Gasteiger charge is -2.38. The first-order valence-corrected chi connectivity index (χ1v) is 18.5. The number of benzene rings is 3. The SMILES string of the molecule is CC[C@H](C)[C@@H](CN(CC(=O)N[C@@H](CCSC)C(=O)OC)Cc1cccc2ccccc12)N(C(C)=O)c1cncn1Cc1ccc(C(=O)OC)cc1.